The van der Waals surface area contributed by atoms with E-state index in [4.69, 9.17) is 56.8 Å². The number of fused-ring (bicyclic) bond motifs is 16. The van der Waals surface area contributed by atoms with Crippen molar-refractivity contribution in [1.82, 2.24) is 4.90 Å². The maximum absolute atomic E-state index is 13.2. The smallest absolute Gasteiger partial charge is 0.332 e. The van der Waals surface area contributed by atoms with E-state index >= 15 is 0 Å². The van der Waals surface area contributed by atoms with Gasteiger partial charge in [0.05, 0.1) is 0 Å². The predicted molar refractivity (Wildman–Crippen MR) is 533 cm³/mol. The van der Waals surface area contributed by atoms with Gasteiger partial charge in [-0.1, -0.05) is 201 Å². The van der Waals surface area contributed by atoms with Gasteiger partial charge in [-0.15, -0.1) is 0 Å². The van der Waals surface area contributed by atoms with Gasteiger partial charge in [0.25, 0.3) is 0 Å². The monoisotopic (exact) mass is 1960 g/mol. The SMILES string of the molecule is CC(=O)N1CCC([C@@]23C[C@@H](OC(=O)CO)[C@@](C)(O2)[C@@H]2CCC(C)=C2[C@@H]3OC(=O)/C=C/c2ccccc2)CC1.CC1=C2[C@@H](CC1)[C@]1(C)O[C@@](C3CCCCC3)(C[C@H]1OC(=O)CO)[C@H]2OC(=O)/C=C/c1ccccc1.CC1=C2[C@@H](CC1)[C@]1(C)O[C@@](C3CCCCC3)(C[C@H]1OC(=O)CO)[C@H]2OC(=O)/C=C/c1ccccc1.CC1=C2[C@@H](CC1)[C@]1(C)O[C@@](C3CCCCC3)(C[C@H]1OC(=O)CO)[C@H]2OC(=O)/C=C/c1ccccc1. The van der Waals surface area contributed by atoms with Gasteiger partial charge < -0.3 is 82.2 Å². The number of hydrogen-bond acceptors (Lipinski definition) is 25. The summed E-state index contributed by atoms with van der Waals surface area (Å²) < 4.78 is 76.5. The second kappa shape index (κ2) is 43.8. The van der Waals surface area contributed by atoms with Crippen LogP contribution in [0, 0.1) is 47.3 Å². The molecule has 9 saturated heterocycles. The summed E-state index contributed by atoms with van der Waals surface area (Å²) in [5, 5.41) is 37.6. The van der Waals surface area contributed by atoms with Gasteiger partial charge in [0.1, 0.15) is 95.7 Å². The van der Waals surface area contributed by atoms with Gasteiger partial charge in [-0.3, -0.25) is 4.79 Å². The van der Waals surface area contributed by atoms with E-state index in [1.165, 1.54) is 65.9 Å². The van der Waals surface area contributed by atoms with Crippen molar-refractivity contribution in [1.29, 1.82) is 0 Å². The highest BCUT2D eigenvalue weighted by molar-refractivity contribution is 5.90. The fourth-order valence-electron chi connectivity index (χ4n) is 28.7. The highest BCUT2D eigenvalue weighted by Gasteiger charge is 2.76. The maximum atomic E-state index is 13.2. The van der Waals surface area contributed by atoms with E-state index in [2.05, 4.69) is 27.7 Å². The number of carbonyl (C=O) groups is 9. The minimum Gasteiger partial charge on any atom is -0.457 e. The first-order valence-electron chi connectivity index (χ1n) is 52.6. The highest BCUT2D eigenvalue weighted by Crippen LogP contribution is 2.69. The van der Waals surface area contributed by atoms with Gasteiger partial charge in [-0.2, -0.15) is 0 Å². The van der Waals surface area contributed by atoms with E-state index in [0.717, 1.165) is 173 Å². The Bertz CT molecular complexity index is 5180. The lowest BCUT2D eigenvalue weighted by atomic mass is 9.69. The fourth-order valence-corrected chi connectivity index (χ4v) is 28.7. The van der Waals surface area contributed by atoms with Gasteiger partial charge in [0.15, 0.2) is 24.4 Å². The standard InChI is InChI=1S/C30H37NO7.3C29H36O6/c1-19-9-11-23-27(19)28(37-25(34)12-10-21-7-5-4-6-8-21)30(22-13-15-31(16-14-22)20(2)33)17-24(29(23,3)38-30)36-26(35)18-32;3*1-19-13-15-22-26(19)27(34-24(31)16-14-20-9-5-3-6-10-20)29(21-11-7-4-8-12-21)17-23(28(22,2)35-29)33-25(32)18-30/h4-8,10,12,22-24,28,32H,9,11,13-18H2,1-3H3;3*3,5-6,9-10,14,16,21-23,27,30H,4,7-8,11-13,15,17-18H2,1-2H3/b12-10+;3*16-14+/t23-,24-,28+,29+,30-;3*22-,23-,27+,28+,29-/m1111/s1. The maximum Gasteiger partial charge on any atom is 0.332 e. The molecule has 0 radical (unpaired) electrons. The molecule has 9 aliphatic heterocycles. The third-order valence-electron chi connectivity index (χ3n) is 35.5. The Balaban J connectivity index is 0.000000131. The van der Waals surface area contributed by atoms with Crippen LogP contribution >= 0.6 is 0 Å². The summed E-state index contributed by atoms with van der Waals surface area (Å²) in [6, 6.07) is 38.7. The molecule has 9 heterocycles. The molecule has 7 aliphatic carbocycles. The van der Waals surface area contributed by atoms with Crippen LogP contribution in [0.15, 0.2) is 190 Å². The van der Waals surface area contributed by atoms with Crippen molar-refractivity contribution in [2.75, 3.05) is 39.5 Å². The molecule has 26 nitrogen and oxygen atoms in total. The first kappa shape index (κ1) is 104. The van der Waals surface area contributed by atoms with Gasteiger partial charge in [-0.25, -0.2) is 38.4 Å². The van der Waals surface area contributed by atoms with Crippen LogP contribution in [0.1, 0.15) is 271 Å². The predicted octanol–water partition coefficient (Wildman–Crippen LogP) is 17.7. The van der Waals surface area contributed by atoms with Crippen LogP contribution < -0.4 is 0 Å². The van der Waals surface area contributed by atoms with Crippen LogP contribution in [0.2, 0.25) is 0 Å². The summed E-state index contributed by atoms with van der Waals surface area (Å²) in [6.07, 6.45) is 35.3. The minimum atomic E-state index is -0.897. The highest BCUT2D eigenvalue weighted by atomic mass is 16.7. The van der Waals surface area contributed by atoms with Crippen LogP contribution in [0.3, 0.4) is 0 Å². The molecule has 26 heteroatoms. The number of piperidine rings is 1. The second-order valence-electron chi connectivity index (χ2n) is 43.7. The fraction of sp³-hybridized carbons (Fsp3) is 0.581. The normalized spacial score (nSPS) is 34.3. The molecule has 768 valence electrons. The Hall–Kier alpha value is -10.3. The molecule has 4 aromatic rings. The lowest BCUT2D eigenvalue weighted by Gasteiger charge is -2.52. The number of nitrogens with zero attached hydrogens (tertiary/aromatic N) is 1. The lowest BCUT2D eigenvalue weighted by molar-refractivity contribution is -0.230. The number of hydrogen-bond donors (Lipinski definition) is 4. The number of benzene rings is 4. The summed E-state index contributed by atoms with van der Waals surface area (Å²) in [4.78, 5) is 115. The molecule has 20 atom stereocenters. The number of aliphatic hydroxyl groups excluding tert-OH is 4. The van der Waals surface area contributed by atoms with E-state index in [-0.39, 0.29) is 71.2 Å². The van der Waals surface area contributed by atoms with E-state index < -0.39 is 150 Å². The second-order valence-corrected chi connectivity index (χ2v) is 43.7. The number of esters is 8. The average Bonchev–Trinajstić information content (AvgIpc) is 1.55. The van der Waals surface area contributed by atoms with Crippen molar-refractivity contribution in [3.63, 3.8) is 0 Å². The molecular formula is C117H145NO25. The third-order valence-corrected chi connectivity index (χ3v) is 35.5. The molecule has 12 fully saturated rings. The molecule has 16 aliphatic rings. The molecule has 0 spiro atoms. The van der Waals surface area contributed by atoms with E-state index in [1.807, 2.05) is 154 Å². The number of aliphatic hydroxyl groups is 4. The molecule has 1 amide bonds. The van der Waals surface area contributed by atoms with Gasteiger partial charge in [0.2, 0.25) is 5.91 Å². The van der Waals surface area contributed by atoms with Crippen molar-refractivity contribution in [3.05, 3.63) is 212 Å². The van der Waals surface area contributed by atoms with Crippen molar-refractivity contribution in [2.24, 2.45) is 47.3 Å². The topological polar surface area (TPSA) is 349 Å². The number of allylic oxidation sites excluding steroid dienone is 4. The van der Waals surface area contributed by atoms with E-state index in [9.17, 15) is 63.6 Å². The van der Waals surface area contributed by atoms with Crippen molar-refractivity contribution in [2.45, 2.75) is 342 Å². The zero-order chi connectivity index (χ0) is 101. The summed E-state index contributed by atoms with van der Waals surface area (Å²) in [7, 11) is 0. The first-order valence-corrected chi connectivity index (χ1v) is 52.6. The van der Waals surface area contributed by atoms with Gasteiger partial charge in [-0.05, 0) is 251 Å². The number of likely N-dealkylation sites (tertiary alicyclic amines) is 1. The molecule has 8 bridgehead atoms. The average molecular weight is 1970 g/mol. The molecule has 0 aromatic heterocycles. The Morgan fingerprint density at radius 2 is 0.517 bits per heavy atom. The number of ether oxygens (including phenoxy) is 12. The van der Waals surface area contributed by atoms with Crippen molar-refractivity contribution in [3.8, 4) is 0 Å². The number of rotatable bonds is 24. The number of amides is 1. The third kappa shape index (κ3) is 20.6. The summed E-state index contributed by atoms with van der Waals surface area (Å²) >= 11 is 0. The molecule has 4 aromatic carbocycles. The molecular weight excluding hydrogens is 1820 g/mol. The first-order chi connectivity index (χ1) is 68.8. The molecule has 0 unspecified atom stereocenters. The zero-order valence-corrected chi connectivity index (χ0v) is 84.5. The van der Waals surface area contributed by atoms with Crippen LogP contribution in [-0.4, -0.2) is 212 Å². The molecule has 3 saturated carbocycles. The Morgan fingerprint density at radius 1 is 0.308 bits per heavy atom. The van der Waals surface area contributed by atoms with Gasteiger partial charge >= 0.3 is 47.8 Å². The Labute approximate surface area is 840 Å². The van der Waals surface area contributed by atoms with Crippen LogP contribution in [-0.2, 0) is 100.0 Å². The Morgan fingerprint density at radius 3 is 0.720 bits per heavy atom. The van der Waals surface area contributed by atoms with E-state index in [0.29, 0.717) is 51.6 Å². The minimum absolute atomic E-state index is 0.00648. The largest absolute Gasteiger partial charge is 0.457 e. The lowest BCUT2D eigenvalue weighted by Crippen LogP contribution is -2.61. The summed E-state index contributed by atoms with van der Waals surface area (Å²) in [6.45, 7) is 16.7. The molecule has 20 rings (SSSR count). The van der Waals surface area contributed by atoms with Crippen LogP contribution in [0.4, 0.5) is 0 Å². The number of carbonyl (C=O) groups excluding carboxylic acids is 9. The zero-order valence-electron chi connectivity index (χ0n) is 84.5. The van der Waals surface area contributed by atoms with Gasteiger partial charge in [0, 0.05) is 93.7 Å². The molecule has 4 N–H and O–H groups in total. The summed E-state index contributed by atoms with van der Waals surface area (Å²) in [5.41, 5.74) is 7.24. The summed E-state index contributed by atoms with van der Waals surface area (Å²) in [5.74, 6) is -3.56. The van der Waals surface area contributed by atoms with E-state index in [1.54, 1.807) is 31.2 Å². The van der Waals surface area contributed by atoms with Crippen molar-refractivity contribution < 1.29 is 120 Å². The van der Waals surface area contributed by atoms with Crippen molar-refractivity contribution >= 4 is 78.0 Å². The van der Waals surface area contributed by atoms with Crippen LogP contribution in [0.25, 0.3) is 24.3 Å². The quantitative estimate of drug-likeness (QED) is 0.0219. The molecule has 143 heavy (non-hydrogen) atoms. The van der Waals surface area contributed by atoms with Crippen LogP contribution in [0.5, 0.6) is 0 Å². The Kier molecular flexibility index (Phi) is 31.9.